The van der Waals surface area contributed by atoms with Crippen LogP contribution < -0.4 is 4.18 Å². The zero-order chi connectivity index (χ0) is 30.4. The minimum absolute atomic E-state index is 0.00718. The van der Waals surface area contributed by atoms with Crippen LogP contribution in [0.1, 0.15) is 71.3 Å². The van der Waals surface area contributed by atoms with Gasteiger partial charge in [0.15, 0.2) is 11.6 Å². The molecule has 0 spiro atoms. The van der Waals surface area contributed by atoms with Crippen LogP contribution in [0.3, 0.4) is 0 Å². The van der Waals surface area contributed by atoms with E-state index in [1.54, 1.807) is 31.4 Å². The van der Waals surface area contributed by atoms with Gasteiger partial charge in [-0.3, -0.25) is 9.59 Å². The molecule has 0 N–H and O–H groups in total. The van der Waals surface area contributed by atoms with E-state index >= 15 is 0 Å². The zero-order valence-corrected chi connectivity index (χ0v) is 26.4. The van der Waals surface area contributed by atoms with Gasteiger partial charge < -0.3 is 13.8 Å². The molecule has 2 aromatic carbocycles. The number of ketones is 2. The number of rotatable bonds is 8. The number of hydrogen-bond acceptors (Lipinski definition) is 7. The highest BCUT2D eigenvalue weighted by atomic mass is 35.5. The van der Waals surface area contributed by atoms with E-state index in [2.05, 4.69) is 32.6 Å². The van der Waals surface area contributed by atoms with Gasteiger partial charge in [-0.1, -0.05) is 51.4 Å². The van der Waals surface area contributed by atoms with Crippen molar-refractivity contribution in [2.24, 2.45) is 10.8 Å². The van der Waals surface area contributed by atoms with Gasteiger partial charge in [0.2, 0.25) is 0 Å². The van der Waals surface area contributed by atoms with E-state index in [1.165, 1.54) is 24.3 Å². The van der Waals surface area contributed by atoms with Gasteiger partial charge in [-0.15, -0.1) is 0 Å². The van der Waals surface area contributed by atoms with E-state index in [9.17, 15) is 18.0 Å². The maximum absolute atomic E-state index is 13.9. The molecule has 1 heterocycles. The van der Waals surface area contributed by atoms with Crippen LogP contribution in [0.4, 0.5) is 0 Å². The molecule has 9 heteroatoms. The monoisotopic (exact) mass is 611 g/mol. The third-order valence-corrected chi connectivity index (χ3v) is 9.79. The van der Waals surface area contributed by atoms with Gasteiger partial charge in [0, 0.05) is 66.6 Å². The van der Waals surface area contributed by atoms with Gasteiger partial charge in [-0.25, -0.2) is 0 Å². The number of ether oxygens (including phenoxy) is 1. The number of carbonyl (C=O) groups is 2. The summed E-state index contributed by atoms with van der Waals surface area (Å²) < 4.78 is 36.4. The SMILES string of the molecule is COCCCN1C2=C(C(=O)CC(C)(C)C2)C(c2ccc(OS(=O)(=O)c3ccc(Cl)cc3)cc2)C2=C1CC(C)(C)CC2=O. The first kappa shape index (κ1) is 30.5. The van der Waals surface area contributed by atoms with Crippen LogP contribution in [0.5, 0.6) is 5.75 Å². The van der Waals surface area contributed by atoms with Crippen molar-refractivity contribution in [2.75, 3.05) is 20.3 Å². The Morgan fingerprint density at radius 1 is 0.833 bits per heavy atom. The summed E-state index contributed by atoms with van der Waals surface area (Å²) in [5.74, 6) is -0.264. The first-order valence-electron chi connectivity index (χ1n) is 14.3. The number of benzene rings is 2. The highest BCUT2D eigenvalue weighted by Gasteiger charge is 2.48. The fraction of sp³-hybridized carbons (Fsp3) is 0.455. The lowest BCUT2D eigenvalue weighted by molar-refractivity contribution is -0.119. The van der Waals surface area contributed by atoms with Crippen molar-refractivity contribution in [1.82, 2.24) is 4.90 Å². The molecule has 0 fully saturated rings. The zero-order valence-electron chi connectivity index (χ0n) is 24.8. The normalized spacial score (nSPS) is 20.5. The lowest BCUT2D eigenvalue weighted by Crippen LogP contribution is -2.44. The number of hydrogen-bond donors (Lipinski definition) is 0. The van der Waals surface area contributed by atoms with Gasteiger partial charge in [-0.05, 0) is 72.1 Å². The molecular weight excluding hydrogens is 574 g/mol. The maximum Gasteiger partial charge on any atom is 0.339 e. The second-order valence-corrected chi connectivity index (χ2v) is 15.1. The van der Waals surface area contributed by atoms with Crippen LogP contribution in [0.15, 0.2) is 76.0 Å². The summed E-state index contributed by atoms with van der Waals surface area (Å²) >= 11 is 5.90. The predicted octanol–water partition coefficient (Wildman–Crippen LogP) is 6.83. The summed E-state index contributed by atoms with van der Waals surface area (Å²) in [5, 5.41) is 0.423. The average molecular weight is 612 g/mol. The molecule has 3 aliphatic rings. The summed E-state index contributed by atoms with van der Waals surface area (Å²) in [6.45, 7) is 9.71. The Kier molecular flexibility index (Phi) is 8.20. The highest BCUT2D eigenvalue weighted by molar-refractivity contribution is 7.87. The van der Waals surface area contributed by atoms with E-state index in [0.29, 0.717) is 42.2 Å². The van der Waals surface area contributed by atoms with Crippen LogP contribution in [0.2, 0.25) is 5.02 Å². The lowest BCUT2D eigenvalue weighted by atomic mass is 9.63. The number of nitrogens with zero attached hydrogens (tertiary/aromatic N) is 1. The van der Waals surface area contributed by atoms with E-state index in [4.69, 9.17) is 20.5 Å². The molecule has 5 rings (SSSR count). The van der Waals surface area contributed by atoms with Crippen molar-refractivity contribution in [3.8, 4) is 5.75 Å². The molecule has 0 bridgehead atoms. The molecule has 2 aliphatic carbocycles. The second kappa shape index (κ2) is 11.3. The summed E-state index contributed by atoms with van der Waals surface area (Å²) in [6, 6.07) is 12.5. The van der Waals surface area contributed by atoms with Crippen molar-refractivity contribution in [3.63, 3.8) is 0 Å². The lowest BCUT2D eigenvalue weighted by Gasteiger charge is -2.49. The Morgan fingerprint density at radius 3 is 1.86 bits per heavy atom. The Hall–Kier alpha value is -2.94. The largest absolute Gasteiger partial charge is 0.385 e. The molecule has 0 amide bonds. The fourth-order valence-corrected chi connectivity index (χ4v) is 7.57. The van der Waals surface area contributed by atoms with Gasteiger partial charge >= 0.3 is 10.1 Å². The van der Waals surface area contributed by atoms with Crippen LogP contribution in [-0.2, 0) is 24.4 Å². The standard InChI is InChI=1S/C33H38ClNO6S/c1-32(2)17-25-30(27(36)19-32)29(31-26(35(25)15-6-16-40-5)18-33(3,4)20-28(31)37)21-7-11-23(12-8-21)41-42(38,39)24-13-9-22(34)10-14-24/h7-14,29H,6,15-20H2,1-5H3. The molecule has 0 saturated carbocycles. The molecule has 0 atom stereocenters. The van der Waals surface area contributed by atoms with Crippen molar-refractivity contribution in [3.05, 3.63) is 81.7 Å². The first-order valence-corrected chi connectivity index (χ1v) is 16.1. The number of halogens is 1. The topological polar surface area (TPSA) is 90.0 Å². The van der Waals surface area contributed by atoms with Crippen LogP contribution in [0.25, 0.3) is 0 Å². The Bertz CT molecular complexity index is 1520. The minimum atomic E-state index is -4.07. The molecule has 0 unspecified atom stereocenters. The minimum Gasteiger partial charge on any atom is -0.385 e. The summed E-state index contributed by atoms with van der Waals surface area (Å²) in [5.41, 5.74) is 3.70. The summed E-state index contributed by atoms with van der Waals surface area (Å²) in [6.07, 6.45) is 3.02. The Morgan fingerprint density at radius 2 is 1.36 bits per heavy atom. The fourth-order valence-electron chi connectivity index (χ4n) is 6.51. The molecular formula is C33H38ClNO6S. The molecule has 0 aromatic heterocycles. The van der Waals surface area contributed by atoms with Crippen molar-refractivity contribution < 1.29 is 26.9 Å². The highest BCUT2D eigenvalue weighted by Crippen LogP contribution is 2.54. The molecule has 42 heavy (non-hydrogen) atoms. The van der Waals surface area contributed by atoms with E-state index < -0.39 is 16.0 Å². The Balaban J connectivity index is 1.58. The van der Waals surface area contributed by atoms with Gasteiger partial charge in [0.05, 0.1) is 0 Å². The molecule has 0 radical (unpaired) electrons. The molecule has 2 aromatic rings. The number of methoxy groups -OCH3 is 1. The van der Waals surface area contributed by atoms with Crippen LogP contribution >= 0.6 is 11.6 Å². The Labute approximate surface area is 253 Å². The van der Waals surface area contributed by atoms with Gasteiger partial charge in [0.25, 0.3) is 0 Å². The van der Waals surface area contributed by atoms with Gasteiger partial charge in [0.1, 0.15) is 10.6 Å². The first-order chi connectivity index (χ1) is 19.7. The van der Waals surface area contributed by atoms with E-state index in [1.807, 2.05) is 0 Å². The third kappa shape index (κ3) is 6.08. The van der Waals surface area contributed by atoms with Gasteiger partial charge in [-0.2, -0.15) is 8.42 Å². The number of allylic oxidation sites excluding steroid dienone is 4. The predicted molar refractivity (Wildman–Crippen MR) is 162 cm³/mol. The maximum atomic E-state index is 13.9. The number of carbonyl (C=O) groups excluding carboxylic acids is 2. The number of Topliss-reactive ketones (excluding diaryl/α,β-unsaturated/α-hetero) is 2. The second-order valence-electron chi connectivity index (χ2n) is 13.1. The van der Waals surface area contributed by atoms with Crippen molar-refractivity contribution in [1.29, 1.82) is 0 Å². The smallest absolute Gasteiger partial charge is 0.339 e. The summed E-state index contributed by atoms with van der Waals surface area (Å²) in [7, 11) is -2.39. The molecule has 7 nitrogen and oxygen atoms in total. The summed E-state index contributed by atoms with van der Waals surface area (Å²) in [4.78, 5) is 30.0. The van der Waals surface area contributed by atoms with Crippen molar-refractivity contribution >= 4 is 33.3 Å². The van der Waals surface area contributed by atoms with Crippen LogP contribution in [0, 0.1) is 10.8 Å². The average Bonchev–Trinajstić information content (AvgIpc) is 2.88. The molecule has 1 aliphatic heterocycles. The quantitative estimate of drug-likeness (QED) is 0.239. The van der Waals surface area contributed by atoms with E-state index in [-0.39, 0.29) is 33.0 Å². The third-order valence-electron chi connectivity index (χ3n) is 8.27. The van der Waals surface area contributed by atoms with Crippen molar-refractivity contribution in [2.45, 2.75) is 70.6 Å². The molecule has 0 saturated heterocycles. The van der Waals surface area contributed by atoms with Crippen LogP contribution in [-0.4, -0.2) is 45.1 Å². The van der Waals surface area contributed by atoms with E-state index in [0.717, 1.165) is 36.2 Å². The molecule has 224 valence electrons.